The van der Waals surface area contributed by atoms with E-state index >= 15 is 0 Å². The fraction of sp³-hybridized carbons (Fsp3) is 0.562. The molecule has 1 aromatic rings. The van der Waals surface area contributed by atoms with E-state index in [1.807, 2.05) is 37.2 Å². The van der Waals surface area contributed by atoms with Crippen LogP contribution in [0.3, 0.4) is 0 Å². The van der Waals surface area contributed by atoms with E-state index in [9.17, 15) is 4.79 Å². The van der Waals surface area contributed by atoms with Gasteiger partial charge in [0.2, 0.25) is 0 Å². The summed E-state index contributed by atoms with van der Waals surface area (Å²) in [5.41, 5.74) is 2.04. The lowest BCUT2D eigenvalue weighted by molar-refractivity contribution is 0.205. The van der Waals surface area contributed by atoms with Crippen molar-refractivity contribution in [3.05, 3.63) is 29.8 Å². The highest BCUT2D eigenvalue weighted by Crippen LogP contribution is 2.23. The van der Waals surface area contributed by atoms with Gasteiger partial charge in [-0.2, -0.15) is 0 Å². The number of amides is 2. The lowest BCUT2D eigenvalue weighted by atomic mass is 10.1. The number of urea groups is 1. The summed E-state index contributed by atoms with van der Waals surface area (Å²) in [6.45, 7) is 2.10. The molecule has 1 fully saturated rings. The van der Waals surface area contributed by atoms with Crippen molar-refractivity contribution in [2.24, 2.45) is 0 Å². The Hall–Kier alpha value is -1.55. The van der Waals surface area contributed by atoms with Crippen LogP contribution in [0, 0.1) is 0 Å². The number of benzene rings is 1. The molecule has 0 bridgehead atoms. The van der Waals surface area contributed by atoms with Gasteiger partial charge in [-0.15, -0.1) is 0 Å². The van der Waals surface area contributed by atoms with Gasteiger partial charge in [-0.3, -0.25) is 0 Å². The maximum absolute atomic E-state index is 12.2. The molecule has 1 atom stereocenters. The third-order valence-electron chi connectivity index (χ3n) is 4.26. The van der Waals surface area contributed by atoms with Gasteiger partial charge >= 0.3 is 6.03 Å². The largest absolute Gasteiger partial charge is 0.325 e. The predicted molar refractivity (Wildman–Crippen MR) is 83.0 cm³/mol. The maximum Gasteiger partial charge on any atom is 0.321 e. The van der Waals surface area contributed by atoms with Gasteiger partial charge in [0, 0.05) is 24.8 Å². The van der Waals surface area contributed by atoms with Crippen LogP contribution in [0.4, 0.5) is 10.5 Å². The summed E-state index contributed by atoms with van der Waals surface area (Å²) in [6.07, 6.45) is 4.72. The molecular formula is C16H25N3O. The van der Waals surface area contributed by atoms with Crippen molar-refractivity contribution in [2.45, 2.75) is 44.7 Å². The number of hydrogen-bond donors (Lipinski definition) is 2. The molecule has 2 N–H and O–H groups in total. The molecule has 1 unspecified atom stereocenters. The molecule has 0 saturated heterocycles. The van der Waals surface area contributed by atoms with Crippen molar-refractivity contribution >= 4 is 11.7 Å². The SMILES string of the molecule is CNC(C)c1cccc(NC(=O)N(C)C2CCCC2)c1. The molecule has 0 spiro atoms. The second kappa shape index (κ2) is 6.75. The predicted octanol–water partition coefficient (Wildman–Crippen LogP) is 3.37. The van der Waals surface area contributed by atoms with Crippen molar-refractivity contribution in [2.75, 3.05) is 19.4 Å². The highest BCUT2D eigenvalue weighted by Gasteiger charge is 2.23. The van der Waals surface area contributed by atoms with E-state index in [1.165, 1.54) is 18.4 Å². The molecule has 4 heteroatoms. The van der Waals surface area contributed by atoms with Gasteiger partial charge in [0.15, 0.2) is 0 Å². The van der Waals surface area contributed by atoms with Gasteiger partial charge in [-0.1, -0.05) is 25.0 Å². The van der Waals surface area contributed by atoms with Crippen molar-refractivity contribution in [3.63, 3.8) is 0 Å². The molecule has 4 nitrogen and oxygen atoms in total. The molecule has 1 saturated carbocycles. The van der Waals surface area contributed by atoms with Crippen LogP contribution in [-0.4, -0.2) is 31.1 Å². The average Bonchev–Trinajstić information content (AvgIpc) is 3.00. The first-order valence-corrected chi connectivity index (χ1v) is 7.43. The standard InChI is InChI=1S/C16H25N3O/c1-12(17-2)13-7-6-8-14(11-13)18-16(20)19(3)15-9-4-5-10-15/h6-8,11-12,15,17H,4-5,9-10H2,1-3H3,(H,18,20). The summed E-state index contributed by atoms with van der Waals surface area (Å²) in [4.78, 5) is 14.1. The third-order valence-corrected chi connectivity index (χ3v) is 4.26. The van der Waals surface area contributed by atoms with Crippen LogP contribution in [0.15, 0.2) is 24.3 Å². The van der Waals surface area contributed by atoms with Crippen molar-refractivity contribution in [3.8, 4) is 0 Å². The zero-order chi connectivity index (χ0) is 14.5. The average molecular weight is 275 g/mol. The summed E-state index contributed by atoms with van der Waals surface area (Å²) in [7, 11) is 3.83. The number of hydrogen-bond acceptors (Lipinski definition) is 2. The zero-order valence-corrected chi connectivity index (χ0v) is 12.6. The third kappa shape index (κ3) is 3.51. The van der Waals surface area contributed by atoms with Crippen molar-refractivity contribution in [1.82, 2.24) is 10.2 Å². The van der Waals surface area contributed by atoms with Crippen LogP contribution < -0.4 is 10.6 Å². The molecule has 0 heterocycles. The summed E-state index contributed by atoms with van der Waals surface area (Å²) >= 11 is 0. The highest BCUT2D eigenvalue weighted by atomic mass is 16.2. The molecular weight excluding hydrogens is 250 g/mol. The van der Waals surface area contributed by atoms with Gasteiger partial charge in [-0.25, -0.2) is 4.79 Å². The number of carbonyl (C=O) groups excluding carboxylic acids is 1. The van der Waals surface area contributed by atoms with Crippen LogP contribution in [0.2, 0.25) is 0 Å². The molecule has 110 valence electrons. The summed E-state index contributed by atoms with van der Waals surface area (Å²) in [5.74, 6) is 0. The van der Waals surface area contributed by atoms with E-state index in [0.29, 0.717) is 6.04 Å². The lowest BCUT2D eigenvalue weighted by Crippen LogP contribution is -2.38. The van der Waals surface area contributed by atoms with E-state index < -0.39 is 0 Å². The van der Waals surface area contributed by atoms with Gasteiger partial charge < -0.3 is 15.5 Å². The molecule has 0 aromatic heterocycles. The number of nitrogens with zero attached hydrogens (tertiary/aromatic N) is 1. The second-order valence-electron chi connectivity index (χ2n) is 5.62. The number of rotatable bonds is 4. The molecule has 1 aliphatic carbocycles. The molecule has 1 aliphatic rings. The van der Waals surface area contributed by atoms with Crippen LogP contribution in [0.25, 0.3) is 0 Å². The molecule has 2 rings (SSSR count). The molecule has 0 radical (unpaired) electrons. The lowest BCUT2D eigenvalue weighted by Gasteiger charge is -2.24. The van der Waals surface area contributed by atoms with E-state index in [0.717, 1.165) is 18.5 Å². The van der Waals surface area contributed by atoms with E-state index in [2.05, 4.69) is 23.6 Å². The molecule has 20 heavy (non-hydrogen) atoms. The van der Waals surface area contributed by atoms with Crippen LogP contribution in [-0.2, 0) is 0 Å². The van der Waals surface area contributed by atoms with Gasteiger partial charge in [-0.05, 0) is 44.5 Å². The Bertz CT molecular complexity index is 455. The minimum absolute atomic E-state index is 0.00818. The Morgan fingerprint density at radius 3 is 2.70 bits per heavy atom. The topological polar surface area (TPSA) is 44.4 Å². The normalized spacial score (nSPS) is 16.9. The van der Waals surface area contributed by atoms with E-state index in [4.69, 9.17) is 0 Å². The summed E-state index contributed by atoms with van der Waals surface area (Å²) in [6, 6.07) is 8.68. The first-order chi connectivity index (χ1) is 9.61. The minimum Gasteiger partial charge on any atom is -0.325 e. The second-order valence-corrected chi connectivity index (χ2v) is 5.62. The first kappa shape index (κ1) is 14.9. The Morgan fingerprint density at radius 1 is 1.35 bits per heavy atom. The monoisotopic (exact) mass is 275 g/mol. The highest BCUT2D eigenvalue weighted by molar-refractivity contribution is 5.89. The number of carbonyl (C=O) groups is 1. The molecule has 1 aromatic carbocycles. The van der Waals surface area contributed by atoms with Crippen LogP contribution >= 0.6 is 0 Å². The fourth-order valence-corrected chi connectivity index (χ4v) is 2.72. The van der Waals surface area contributed by atoms with Gasteiger partial charge in [0.05, 0.1) is 0 Å². The van der Waals surface area contributed by atoms with Crippen molar-refractivity contribution < 1.29 is 4.79 Å². The van der Waals surface area contributed by atoms with E-state index in [1.54, 1.807) is 0 Å². The smallest absolute Gasteiger partial charge is 0.321 e. The van der Waals surface area contributed by atoms with Crippen LogP contribution in [0.5, 0.6) is 0 Å². The van der Waals surface area contributed by atoms with Gasteiger partial charge in [0.1, 0.15) is 0 Å². The Labute approximate surface area is 121 Å². The summed E-state index contributed by atoms with van der Waals surface area (Å²) in [5, 5.41) is 6.20. The molecule has 0 aliphatic heterocycles. The van der Waals surface area contributed by atoms with Gasteiger partial charge in [0.25, 0.3) is 0 Å². The minimum atomic E-state index is -0.00818. The fourth-order valence-electron chi connectivity index (χ4n) is 2.72. The number of anilines is 1. The Morgan fingerprint density at radius 2 is 2.05 bits per heavy atom. The van der Waals surface area contributed by atoms with Crippen LogP contribution in [0.1, 0.15) is 44.2 Å². The maximum atomic E-state index is 12.2. The van der Waals surface area contributed by atoms with E-state index in [-0.39, 0.29) is 12.1 Å². The molecule has 2 amide bonds. The first-order valence-electron chi connectivity index (χ1n) is 7.43. The number of nitrogens with one attached hydrogen (secondary N) is 2. The van der Waals surface area contributed by atoms with Crippen molar-refractivity contribution in [1.29, 1.82) is 0 Å². The Kier molecular flexibility index (Phi) is 5.01. The summed E-state index contributed by atoms with van der Waals surface area (Å²) < 4.78 is 0. The zero-order valence-electron chi connectivity index (χ0n) is 12.6. The Balaban J connectivity index is 2.00. The quantitative estimate of drug-likeness (QED) is 0.885.